The predicted molar refractivity (Wildman–Crippen MR) is 99.8 cm³/mol. The van der Waals surface area contributed by atoms with Crippen LogP contribution in [0, 0.1) is 0 Å². The minimum atomic E-state index is -3.78. The van der Waals surface area contributed by atoms with Crippen molar-refractivity contribution < 1.29 is 13.2 Å². The van der Waals surface area contributed by atoms with Gasteiger partial charge in [-0.15, -0.1) is 11.3 Å². The van der Waals surface area contributed by atoms with Crippen LogP contribution in [-0.2, 0) is 10.0 Å². The van der Waals surface area contributed by atoms with Crippen LogP contribution >= 0.6 is 11.3 Å². The predicted octanol–water partition coefficient (Wildman–Crippen LogP) is 1.40. The van der Waals surface area contributed by atoms with E-state index in [1.54, 1.807) is 0 Å². The van der Waals surface area contributed by atoms with Crippen LogP contribution in [0.2, 0.25) is 0 Å². The highest BCUT2D eigenvalue weighted by molar-refractivity contribution is 7.91. The number of anilines is 2. The summed E-state index contributed by atoms with van der Waals surface area (Å²) in [6.07, 6.45) is 0. The quantitative estimate of drug-likeness (QED) is 0.836. The Kier molecular flexibility index (Phi) is 5.09. The minimum Gasteiger partial charge on any atom is -0.369 e. The van der Waals surface area contributed by atoms with Crippen LogP contribution < -0.4 is 15.4 Å². The Hall–Kier alpha value is -1.94. The van der Waals surface area contributed by atoms with E-state index in [0.29, 0.717) is 5.69 Å². The van der Waals surface area contributed by atoms with Crippen LogP contribution in [0.5, 0.6) is 0 Å². The number of amides is 1. The molecule has 0 radical (unpaired) electrons. The van der Waals surface area contributed by atoms with E-state index in [1.165, 1.54) is 11.4 Å². The highest BCUT2D eigenvalue weighted by Crippen LogP contribution is 2.22. The number of sulfonamides is 1. The summed E-state index contributed by atoms with van der Waals surface area (Å²) in [5.41, 5.74) is 2.06. The molecule has 1 aromatic carbocycles. The normalized spacial score (nSPS) is 16.0. The van der Waals surface area contributed by atoms with Gasteiger partial charge in [0, 0.05) is 42.9 Å². The van der Waals surface area contributed by atoms with Gasteiger partial charge in [0.1, 0.15) is 4.21 Å². The van der Waals surface area contributed by atoms with Gasteiger partial charge in [0.15, 0.2) is 0 Å². The Balaban J connectivity index is 1.65. The van der Waals surface area contributed by atoms with E-state index in [0.717, 1.165) is 43.2 Å². The molecular formula is C16H20N4O3S2. The zero-order valence-electron chi connectivity index (χ0n) is 13.8. The molecule has 1 fully saturated rings. The molecule has 2 heterocycles. The molecule has 1 saturated heterocycles. The first-order valence-electron chi connectivity index (χ1n) is 7.79. The fourth-order valence-electron chi connectivity index (χ4n) is 2.61. The first-order valence-corrected chi connectivity index (χ1v) is 10.2. The number of carbonyl (C=O) groups is 1. The van der Waals surface area contributed by atoms with Crippen LogP contribution in [0.3, 0.4) is 0 Å². The third-order valence-corrected chi connectivity index (χ3v) is 6.50. The number of nitrogens with two attached hydrogens (primary N) is 1. The summed E-state index contributed by atoms with van der Waals surface area (Å²) in [5, 5.41) is 9.31. The highest BCUT2D eigenvalue weighted by Gasteiger charge is 2.16. The first kappa shape index (κ1) is 17.9. The third-order valence-electron chi connectivity index (χ3n) is 4.11. The molecular weight excluding hydrogens is 360 g/mol. The van der Waals surface area contributed by atoms with Gasteiger partial charge < -0.3 is 15.1 Å². The van der Waals surface area contributed by atoms with Crippen LogP contribution in [0.25, 0.3) is 0 Å². The topological polar surface area (TPSA) is 95.7 Å². The molecule has 1 aliphatic rings. The van der Waals surface area contributed by atoms with Gasteiger partial charge in [-0.25, -0.2) is 13.6 Å². The molecule has 9 heteroatoms. The average Bonchev–Trinajstić information content (AvgIpc) is 3.07. The van der Waals surface area contributed by atoms with Crippen molar-refractivity contribution in [2.45, 2.75) is 4.21 Å². The Morgan fingerprint density at radius 1 is 1.16 bits per heavy atom. The molecule has 2 aromatic rings. The van der Waals surface area contributed by atoms with E-state index in [2.05, 4.69) is 22.2 Å². The maximum absolute atomic E-state index is 12.2. The molecule has 0 saturated carbocycles. The summed E-state index contributed by atoms with van der Waals surface area (Å²) >= 11 is 0.932. The van der Waals surface area contributed by atoms with Gasteiger partial charge in [-0.05, 0) is 37.4 Å². The van der Waals surface area contributed by atoms with Crippen LogP contribution in [-0.4, -0.2) is 52.5 Å². The second-order valence-corrected chi connectivity index (χ2v) is 8.69. The number of nitrogens with one attached hydrogen (secondary N) is 1. The Morgan fingerprint density at radius 3 is 2.36 bits per heavy atom. The number of benzene rings is 1. The lowest BCUT2D eigenvalue weighted by Crippen LogP contribution is -2.44. The smallest absolute Gasteiger partial charge is 0.256 e. The number of carbonyl (C=O) groups excluding carboxylic acids is 1. The van der Waals surface area contributed by atoms with Crippen molar-refractivity contribution in [2.24, 2.45) is 5.14 Å². The molecule has 134 valence electrons. The summed E-state index contributed by atoms with van der Waals surface area (Å²) in [6, 6.07) is 8.93. The monoisotopic (exact) mass is 380 g/mol. The van der Waals surface area contributed by atoms with E-state index >= 15 is 0 Å². The Bertz CT molecular complexity index is 854. The van der Waals surface area contributed by atoms with E-state index in [9.17, 15) is 13.2 Å². The number of thiophene rings is 1. The molecule has 1 aromatic heterocycles. The number of likely N-dealkylation sites (N-methyl/N-ethyl adjacent to an activating group) is 1. The first-order chi connectivity index (χ1) is 11.8. The number of hydrogen-bond donors (Lipinski definition) is 2. The maximum Gasteiger partial charge on any atom is 0.256 e. The van der Waals surface area contributed by atoms with E-state index in [-0.39, 0.29) is 15.7 Å². The van der Waals surface area contributed by atoms with Gasteiger partial charge in [0.05, 0.1) is 5.56 Å². The molecule has 1 amide bonds. The van der Waals surface area contributed by atoms with Crippen molar-refractivity contribution in [1.82, 2.24) is 4.90 Å². The van der Waals surface area contributed by atoms with Crippen molar-refractivity contribution in [2.75, 3.05) is 43.4 Å². The Morgan fingerprint density at radius 2 is 1.80 bits per heavy atom. The number of primary sulfonamides is 1. The molecule has 0 atom stereocenters. The molecule has 0 unspecified atom stereocenters. The highest BCUT2D eigenvalue weighted by atomic mass is 32.2. The van der Waals surface area contributed by atoms with Crippen LogP contribution in [0.4, 0.5) is 11.4 Å². The van der Waals surface area contributed by atoms with Crippen molar-refractivity contribution in [3.05, 3.63) is 41.3 Å². The minimum absolute atomic E-state index is 0.0249. The zero-order valence-corrected chi connectivity index (χ0v) is 15.4. The third kappa shape index (κ3) is 4.37. The van der Waals surface area contributed by atoms with E-state index < -0.39 is 10.0 Å². The molecule has 3 N–H and O–H groups in total. The lowest BCUT2D eigenvalue weighted by molar-refractivity contribution is 0.102. The lowest BCUT2D eigenvalue weighted by atomic mass is 10.2. The van der Waals surface area contributed by atoms with Crippen LogP contribution in [0.1, 0.15) is 10.4 Å². The van der Waals surface area contributed by atoms with Crippen LogP contribution in [0.15, 0.2) is 39.9 Å². The van der Waals surface area contributed by atoms with Gasteiger partial charge >= 0.3 is 0 Å². The molecule has 1 aliphatic heterocycles. The van der Waals surface area contributed by atoms with Gasteiger partial charge in [-0.2, -0.15) is 0 Å². The number of piperazine rings is 1. The number of rotatable bonds is 4. The number of nitrogens with zero attached hydrogens (tertiary/aromatic N) is 2. The standard InChI is InChI=1S/C16H20N4O3S2/c1-19-6-8-20(9-7-19)14-4-2-13(3-5-14)18-16(21)12-10-15(24-11-12)25(17,22)23/h2-5,10-11H,6-9H2,1H3,(H,18,21)(H2,17,22,23). The van der Waals surface area contributed by atoms with Gasteiger partial charge in [0.2, 0.25) is 10.0 Å². The summed E-state index contributed by atoms with van der Waals surface area (Å²) in [6.45, 7) is 4.02. The Labute approximate surface area is 151 Å². The maximum atomic E-state index is 12.2. The summed E-state index contributed by atoms with van der Waals surface area (Å²) < 4.78 is 22.5. The van der Waals surface area contributed by atoms with Crippen molar-refractivity contribution in [3.63, 3.8) is 0 Å². The molecule has 7 nitrogen and oxygen atoms in total. The van der Waals surface area contributed by atoms with Crippen molar-refractivity contribution >= 4 is 38.6 Å². The van der Waals surface area contributed by atoms with E-state index in [1.807, 2.05) is 24.3 Å². The summed E-state index contributed by atoms with van der Waals surface area (Å²) in [4.78, 5) is 16.8. The largest absolute Gasteiger partial charge is 0.369 e. The fourth-order valence-corrected chi connectivity index (χ4v) is 4.19. The second-order valence-electron chi connectivity index (χ2n) is 5.99. The van der Waals surface area contributed by atoms with Crippen molar-refractivity contribution in [1.29, 1.82) is 0 Å². The average molecular weight is 380 g/mol. The van der Waals surface area contributed by atoms with Crippen molar-refractivity contribution in [3.8, 4) is 0 Å². The fraction of sp³-hybridized carbons (Fsp3) is 0.312. The van der Waals surface area contributed by atoms with E-state index in [4.69, 9.17) is 5.14 Å². The lowest BCUT2D eigenvalue weighted by Gasteiger charge is -2.34. The second kappa shape index (κ2) is 7.12. The van der Waals surface area contributed by atoms with Gasteiger partial charge in [-0.1, -0.05) is 0 Å². The van der Waals surface area contributed by atoms with Gasteiger partial charge in [-0.3, -0.25) is 4.79 Å². The molecule has 0 spiro atoms. The molecule has 25 heavy (non-hydrogen) atoms. The zero-order chi connectivity index (χ0) is 18.0. The molecule has 0 bridgehead atoms. The molecule has 3 rings (SSSR count). The summed E-state index contributed by atoms with van der Waals surface area (Å²) in [7, 11) is -1.67. The van der Waals surface area contributed by atoms with Gasteiger partial charge in [0.25, 0.3) is 5.91 Å². The number of hydrogen-bond acceptors (Lipinski definition) is 6. The summed E-state index contributed by atoms with van der Waals surface area (Å²) in [5.74, 6) is -0.363. The molecule has 0 aliphatic carbocycles. The SMILES string of the molecule is CN1CCN(c2ccc(NC(=O)c3csc(S(N)(=O)=O)c3)cc2)CC1.